The van der Waals surface area contributed by atoms with Crippen LogP contribution in [0.4, 0.5) is 8.78 Å². The molecule has 26 heavy (non-hydrogen) atoms. The Morgan fingerprint density at radius 2 is 1.92 bits per heavy atom. The van der Waals surface area contributed by atoms with Gasteiger partial charge in [-0.25, -0.2) is 8.78 Å². The molecule has 1 saturated heterocycles. The molecule has 0 radical (unpaired) electrons. The Labute approximate surface area is 153 Å². The van der Waals surface area contributed by atoms with Gasteiger partial charge in [0.1, 0.15) is 11.6 Å². The minimum Gasteiger partial charge on any atom is -0.352 e. The third-order valence-electron chi connectivity index (χ3n) is 4.62. The van der Waals surface area contributed by atoms with E-state index in [1.54, 1.807) is 0 Å². The zero-order valence-corrected chi connectivity index (χ0v) is 15.4. The van der Waals surface area contributed by atoms with Gasteiger partial charge in [0.05, 0.1) is 5.56 Å². The predicted molar refractivity (Wildman–Crippen MR) is 95.8 cm³/mol. The van der Waals surface area contributed by atoms with Gasteiger partial charge in [-0.15, -0.1) is 0 Å². The fourth-order valence-corrected chi connectivity index (χ4v) is 3.25. The van der Waals surface area contributed by atoms with Crippen LogP contribution in [0.15, 0.2) is 18.2 Å². The van der Waals surface area contributed by atoms with Crippen molar-refractivity contribution in [3.8, 4) is 0 Å². The van der Waals surface area contributed by atoms with Crippen molar-refractivity contribution in [3.05, 3.63) is 35.4 Å². The van der Waals surface area contributed by atoms with Crippen molar-refractivity contribution in [2.24, 2.45) is 5.92 Å². The summed E-state index contributed by atoms with van der Waals surface area (Å²) in [4.78, 5) is 28.2. The van der Waals surface area contributed by atoms with Crippen molar-refractivity contribution in [2.75, 3.05) is 40.3 Å². The highest BCUT2D eigenvalue weighted by atomic mass is 19.1. The number of carbonyl (C=O) groups is 2. The maximum Gasteiger partial charge on any atom is 0.254 e. The van der Waals surface area contributed by atoms with Crippen LogP contribution in [-0.4, -0.2) is 61.9 Å². The Bertz CT molecular complexity index is 629. The molecule has 1 heterocycles. The number of nitrogens with one attached hydrogen (secondary N) is 1. The van der Waals surface area contributed by atoms with E-state index in [0.29, 0.717) is 24.8 Å². The molecule has 1 fully saturated rings. The first-order valence-electron chi connectivity index (χ1n) is 9.02. The van der Waals surface area contributed by atoms with E-state index >= 15 is 0 Å². The van der Waals surface area contributed by atoms with Crippen molar-refractivity contribution in [1.29, 1.82) is 0 Å². The number of nitrogens with zero attached hydrogens (tertiary/aromatic N) is 2. The summed E-state index contributed by atoms with van der Waals surface area (Å²) in [5.74, 6) is -1.48. The maximum absolute atomic E-state index is 13.5. The first-order valence-corrected chi connectivity index (χ1v) is 9.02. The van der Waals surface area contributed by atoms with Crippen molar-refractivity contribution in [1.82, 2.24) is 15.1 Å². The van der Waals surface area contributed by atoms with Crippen LogP contribution in [0.25, 0.3) is 0 Å². The van der Waals surface area contributed by atoms with Gasteiger partial charge in [0.15, 0.2) is 0 Å². The van der Waals surface area contributed by atoms with Crippen molar-refractivity contribution in [3.63, 3.8) is 0 Å². The number of halogens is 2. The molecule has 0 aliphatic carbocycles. The first-order chi connectivity index (χ1) is 12.4. The van der Waals surface area contributed by atoms with Gasteiger partial charge in [0.2, 0.25) is 5.91 Å². The zero-order chi connectivity index (χ0) is 19.1. The van der Waals surface area contributed by atoms with E-state index in [1.807, 2.05) is 4.90 Å². The monoisotopic (exact) mass is 367 g/mol. The molecule has 1 aliphatic heterocycles. The number of amides is 2. The molecule has 1 N–H and O–H groups in total. The molecule has 0 bridgehead atoms. The van der Waals surface area contributed by atoms with Gasteiger partial charge >= 0.3 is 0 Å². The van der Waals surface area contributed by atoms with Crippen molar-refractivity contribution >= 4 is 11.8 Å². The lowest BCUT2D eigenvalue weighted by Gasteiger charge is -2.33. The molecule has 0 aromatic heterocycles. The molecule has 1 aliphatic rings. The fourth-order valence-electron chi connectivity index (χ4n) is 3.25. The predicted octanol–water partition coefficient (Wildman–Crippen LogP) is 2.28. The molecule has 0 atom stereocenters. The third-order valence-corrected chi connectivity index (χ3v) is 4.62. The highest BCUT2D eigenvalue weighted by Gasteiger charge is 2.22. The maximum atomic E-state index is 13.5. The highest BCUT2D eigenvalue weighted by molar-refractivity contribution is 5.94. The number of hydrogen-bond donors (Lipinski definition) is 1. The zero-order valence-electron chi connectivity index (χ0n) is 15.4. The summed E-state index contributed by atoms with van der Waals surface area (Å²) >= 11 is 0. The molecular weight excluding hydrogens is 340 g/mol. The molecule has 0 unspecified atom stereocenters. The van der Waals surface area contributed by atoms with E-state index in [4.69, 9.17) is 0 Å². The molecule has 2 amide bonds. The van der Waals surface area contributed by atoms with Gasteiger partial charge in [-0.2, -0.15) is 0 Å². The molecule has 0 spiro atoms. The molecule has 1 aromatic rings. The third kappa shape index (κ3) is 6.05. The number of rotatable bonds is 7. The Hall–Kier alpha value is -2.02. The lowest BCUT2D eigenvalue weighted by molar-refractivity contribution is -0.132. The lowest BCUT2D eigenvalue weighted by atomic mass is 9.96. The van der Waals surface area contributed by atoms with Crippen LogP contribution in [0.2, 0.25) is 0 Å². The SMILES string of the molecule is CN(C)CC1CCN(C(=O)CCCNC(=O)c2ccc(F)cc2F)CC1. The normalized spacial score (nSPS) is 15.3. The average molecular weight is 367 g/mol. The first kappa shape index (κ1) is 20.3. The fraction of sp³-hybridized carbons (Fsp3) is 0.579. The number of hydrogen-bond acceptors (Lipinski definition) is 3. The van der Waals surface area contributed by atoms with E-state index in [-0.39, 0.29) is 18.0 Å². The highest BCUT2D eigenvalue weighted by Crippen LogP contribution is 2.18. The van der Waals surface area contributed by atoms with Gasteiger partial charge in [-0.1, -0.05) is 0 Å². The Balaban J connectivity index is 1.66. The summed E-state index contributed by atoms with van der Waals surface area (Å²) in [6.07, 6.45) is 2.88. The van der Waals surface area contributed by atoms with Crippen LogP contribution >= 0.6 is 0 Å². The number of likely N-dealkylation sites (tertiary alicyclic amines) is 1. The summed E-state index contributed by atoms with van der Waals surface area (Å²) in [6.45, 7) is 2.89. The van der Waals surface area contributed by atoms with Crippen LogP contribution in [0.5, 0.6) is 0 Å². The second kappa shape index (κ2) is 9.62. The summed E-state index contributed by atoms with van der Waals surface area (Å²) in [7, 11) is 4.12. The van der Waals surface area contributed by atoms with E-state index < -0.39 is 17.5 Å². The van der Waals surface area contributed by atoms with Gasteiger partial charge in [-0.3, -0.25) is 9.59 Å². The van der Waals surface area contributed by atoms with Crippen LogP contribution in [0, 0.1) is 17.6 Å². The van der Waals surface area contributed by atoms with Crippen LogP contribution in [0.1, 0.15) is 36.0 Å². The quantitative estimate of drug-likeness (QED) is 0.753. The average Bonchev–Trinajstić information content (AvgIpc) is 2.58. The largest absolute Gasteiger partial charge is 0.352 e. The summed E-state index contributed by atoms with van der Waals surface area (Å²) in [6, 6.07) is 2.84. The summed E-state index contributed by atoms with van der Waals surface area (Å²) in [5, 5.41) is 2.57. The Morgan fingerprint density at radius 3 is 2.54 bits per heavy atom. The number of carbonyl (C=O) groups excluding carboxylic acids is 2. The molecule has 7 heteroatoms. The van der Waals surface area contributed by atoms with Gasteiger partial charge in [-0.05, 0) is 51.4 Å². The van der Waals surface area contributed by atoms with Gasteiger partial charge in [0.25, 0.3) is 5.91 Å². The number of piperidine rings is 1. The summed E-state index contributed by atoms with van der Waals surface area (Å²) in [5.41, 5.74) is -0.194. The standard InChI is InChI=1S/C19H27F2N3O2/c1-23(2)13-14-7-10-24(11-8-14)18(25)4-3-9-22-19(26)16-6-5-15(20)12-17(16)21/h5-6,12,14H,3-4,7-11,13H2,1-2H3,(H,22,26). The van der Waals surface area contributed by atoms with Crippen LogP contribution < -0.4 is 5.32 Å². The molecule has 0 saturated carbocycles. The topological polar surface area (TPSA) is 52.6 Å². The molecule has 5 nitrogen and oxygen atoms in total. The van der Waals surface area contributed by atoms with Crippen LogP contribution in [0.3, 0.4) is 0 Å². The molecule has 144 valence electrons. The van der Waals surface area contributed by atoms with E-state index in [0.717, 1.165) is 44.6 Å². The second-order valence-electron chi connectivity index (χ2n) is 7.07. The van der Waals surface area contributed by atoms with E-state index in [9.17, 15) is 18.4 Å². The van der Waals surface area contributed by atoms with Gasteiger partial charge < -0.3 is 15.1 Å². The van der Waals surface area contributed by atoms with Crippen molar-refractivity contribution < 1.29 is 18.4 Å². The molecular formula is C19H27F2N3O2. The van der Waals surface area contributed by atoms with E-state index in [2.05, 4.69) is 24.3 Å². The molecule has 2 rings (SSSR count). The van der Waals surface area contributed by atoms with Crippen LogP contribution in [-0.2, 0) is 4.79 Å². The second-order valence-corrected chi connectivity index (χ2v) is 7.07. The smallest absolute Gasteiger partial charge is 0.254 e. The van der Waals surface area contributed by atoms with E-state index in [1.165, 1.54) is 0 Å². The minimum absolute atomic E-state index is 0.0931. The lowest BCUT2D eigenvalue weighted by Crippen LogP contribution is -2.40. The summed E-state index contributed by atoms with van der Waals surface area (Å²) < 4.78 is 26.4. The Morgan fingerprint density at radius 1 is 1.23 bits per heavy atom. The Kier molecular flexibility index (Phi) is 7.50. The minimum atomic E-state index is -0.890. The molecule has 1 aromatic carbocycles. The number of benzene rings is 1. The van der Waals surface area contributed by atoms with Gasteiger partial charge in [0, 0.05) is 38.7 Å². The van der Waals surface area contributed by atoms with Crippen molar-refractivity contribution in [2.45, 2.75) is 25.7 Å².